The Morgan fingerprint density at radius 3 is 1.73 bits per heavy atom. The minimum absolute atomic E-state index is 0.376. The van der Waals surface area contributed by atoms with Gasteiger partial charge in [-0.1, -0.05) is 110 Å². The molecule has 3 nitrogen and oxygen atoms in total. The average Bonchev–Trinajstić information content (AvgIpc) is 2.74. The van der Waals surface area contributed by atoms with Crippen LogP contribution in [0.3, 0.4) is 0 Å². The summed E-state index contributed by atoms with van der Waals surface area (Å²) in [4.78, 5) is 17.1. The van der Waals surface area contributed by atoms with Crippen molar-refractivity contribution in [2.75, 3.05) is 0 Å². The molecule has 1 rings (SSSR count). The van der Waals surface area contributed by atoms with Gasteiger partial charge in [0, 0.05) is 28.9 Å². The first-order chi connectivity index (χ1) is 14.6. The molecule has 0 N–H and O–H groups in total. The quantitative estimate of drug-likeness (QED) is 0.134. The van der Waals surface area contributed by atoms with E-state index in [2.05, 4.69) is 13.5 Å². The number of aryl methyl sites for hydroxylation is 1. The van der Waals surface area contributed by atoms with Gasteiger partial charge in [0.05, 0.1) is 0 Å². The van der Waals surface area contributed by atoms with Crippen LogP contribution in [0.25, 0.3) is 0 Å². The molecule has 0 atom stereocenters. The minimum atomic E-state index is -0.376. The van der Waals surface area contributed by atoms with Crippen molar-refractivity contribution in [3.8, 4) is 0 Å². The third-order valence-electron chi connectivity index (χ3n) is 5.72. The molecular weight excluding hydrogens is 370 g/mol. The third kappa shape index (κ3) is 13.6. The number of hydrogen-bond donors (Lipinski definition) is 0. The van der Waals surface area contributed by atoms with Crippen LogP contribution < -0.4 is 9.57 Å². The highest BCUT2D eigenvalue weighted by Crippen LogP contribution is 2.14. The van der Waals surface area contributed by atoms with Crippen molar-refractivity contribution in [2.45, 2.75) is 123 Å². The lowest BCUT2D eigenvalue weighted by Crippen LogP contribution is -2.48. The normalized spacial score (nSPS) is 10.9. The highest BCUT2D eigenvalue weighted by Gasteiger charge is 2.16. The number of nitrogens with zero attached hydrogens (tertiary/aromatic N) is 1. The summed E-state index contributed by atoms with van der Waals surface area (Å²) in [6.45, 7) is 7.59. The Labute approximate surface area is 185 Å². The largest absolute Gasteiger partial charge is 0.406 e. The Bertz CT molecular complexity index is 582. The van der Waals surface area contributed by atoms with Gasteiger partial charge in [-0.3, -0.25) is 0 Å². The minimum Gasteiger partial charge on any atom is -0.239 e. The summed E-state index contributed by atoms with van der Waals surface area (Å²) in [7, 11) is 0. The van der Waals surface area contributed by atoms with E-state index in [4.69, 9.17) is 4.84 Å². The first-order valence-corrected chi connectivity index (χ1v) is 12.5. The van der Waals surface area contributed by atoms with Crippen molar-refractivity contribution in [2.24, 2.45) is 0 Å². The lowest BCUT2D eigenvalue weighted by atomic mass is 10.0. The Hall–Kier alpha value is -1.64. The molecule has 0 aliphatic heterocycles. The lowest BCUT2D eigenvalue weighted by molar-refractivity contribution is -0.874. The van der Waals surface area contributed by atoms with E-state index in [1.54, 1.807) is 17.9 Å². The molecule has 0 aliphatic rings. The number of carbonyl (C=O) groups is 1. The van der Waals surface area contributed by atoms with Gasteiger partial charge in [0.15, 0.2) is 0 Å². The molecule has 1 aromatic heterocycles. The topological polar surface area (TPSA) is 30.2 Å². The number of rotatable bonds is 19. The van der Waals surface area contributed by atoms with Crippen molar-refractivity contribution in [3.63, 3.8) is 0 Å². The molecule has 0 aliphatic carbocycles. The zero-order chi connectivity index (χ0) is 21.9. The number of carbonyl (C=O) groups excluding carboxylic acids is 1. The van der Waals surface area contributed by atoms with Crippen LogP contribution in [0.1, 0.15) is 122 Å². The second kappa shape index (κ2) is 18.2. The van der Waals surface area contributed by atoms with Crippen LogP contribution in [-0.2, 0) is 11.2 Å². The molecule has 0 fully saturated rings. The van der Waals surface area contributed by atoms with E-state index in [9.17, 15) is 4.79 Å². The van der Waals surface area contributed by atoms with Crippen LogP contribution >= 0.6 is 0 Å². The molecule has 0 aromatic carbocycles. The number of unbranched alkanes of at least 4 members (excludes halogenated alkanes) is 15. The standard InChI is InChI=1S/C27H46NO2/c1-4-5-6-7-8-9-10-11-12-13-14-15-16-17-18-19-22-26-23-20-21-24-28(26)30-27(29)25(2)3/h20-21,23-24H,2,4-19,22H2,1,3H3/q+1. The average molecular weight is 417 g/mol. The maximum Gasteiger partial charge on any atom is 0.406 e. The molecule has 0 spiro atoms. The monoisotopic (exact) mass is 416 g/mol. The van der Waals surface area contributed by atoms with E-state index < -0.39 is 0 Å². The molecule has 0 amide bonds. The smallest absolute Gasteiger partial charge is 0.239 e. The van der Waals surface area contributed by atoms with Crippen LogP contribution in [0.5, 0.6) is 0 Å². The summed E-state index contributed by atoms with van der Waals surface area (Å²) in [5.74, 6) is -0.376. The maximum absolute atomic E-state index is 11.7. The molecular formula is C27H46NO2+. The van der Waals surface area contributed by atoms with E-state index >= 15 is 0 Å². The van der Waals surface area contributed by atoms with Crippen molar-refractivity contribution in [1.29, 1.82) is 0 Å². The summed E-state index contributed by atoms with van der Waals surface area (Å²) in [5, 5.41) is 0. The number of hydrogen-bond acceptors (Lipinski definition) is 2. The molecule has 0 saturated heterocycles. The molecule has 1 aromatic rings. The van der Waals surface area contributed by atoms with Crippen LogP contribution in [-0.4, -0.2) is 5.97 Å². The Morgan fingerprint density at radius 2 is 1.27 bits per heavy atom. The molecule has 3 heteroatoms. The molecule has 0 saturated carbocycles. The predicted octanol–water partition coefficient (Wildman–Crippen LogP) is 7.31. The Kier molecular flexibility index (Phi) is 16.0. The van der Waals surface area contributed by atoms with Gasteiger partial charge in [-0.2, -0.15) is 4.84 Å². The number of aromatic nitrogens is 1. The van der Waals surface area contributed by atoms with Gasteiger partial charge in [0.1, 0.15) is 0 Å². The van der Waals surface area contributed by atoms with Gasteiger partial charge in [-0.15, -0.1) is 0 Å². The van der Waals surface area contributed by atoms with Crippen molar-refractivity contribution in [1.82, 2.24) is 0 Å². The van der Waals surface area contributed by atoms with Gasteiger partial charge < -0.3 is 0 Å². The van der Waals surface area contributed by atoms with Crippen molar-refractivity contribution < 1.29 is 14.4 Å². The lowest BCUT2D eigenvalue weighted by Gasteiger charge is -2.04. The Morgan fingerprint density at radius 1 is 0.800 bits per heavy atom. The fourth-order valence-corrected chi connectivity index (χ4v) is 3.77. The highest BCUT2D eigenvalue weighted by molar-refractivity contribution is 5.86. The molecule has 0 bridgehead atoms. The van der Waals surface area contributed by atoms with Gasteiger partial charge >= 0.3 is 5.97 Å². The number of pyridine rings is 1. The molecule has 0 unspecified atom stereocenters. The summed E-state index contributed by atoms with van der Waals surface area (Å²) in [5.41, 5.74) is 1.46. The van der Waals surface area contributed by atoms with E-state index in [1.165, 1.54) is 96.3 Å². The molecule has 170 valence electrons. The van der Waals surface area contributed by atoms with E-state index in [0.717, 1.165) is 18.5 Å². The molecule has 30 heavy (non-hydrogen) atoms. The maximum atomic E-state index is 11.7. The molecule has 0 radical (unpaired) electrons. The van der Waals surface area contributed by atoms with E-state index in [-0.39, 0.29) is 5.97 Å². The zero-order valence-electron chi connectivity index (χ0n) is 19.8. The van der Waals surface area contributed by atoms with Gasteiger partial charge in [0.2, 0.25) is 11.9 Å². The zero-order valence-corrected chi connectivity index (χ0v) is 19.8. The summed E-state index contributed by atoms with van der Waals surface area (Å²) in [6.07, 6.45) is 24.7. The second-order valence-corrected chi connectivity index (χ2v) is 8.73. The third-order valence-corrected chi connectivity index (χ3v) is 5.72. The first kappa shape index (κ1) is 26.4. The van der Waals surface area contributed by atoms with Gasteiger partial charge in [0.25, 0.3) is 0 Å². The van der Waals surface area contributed by atoms with Crippen LogP contribution in [0, 0.1) is 0 Å². The Balaban J connectivity index is 1.96. The predicted molar refractivity (Wildman–Crippen MR) is 126 cm³/mol. The summed E-state index contributed by atoms with van der Waals surface area (Å²) >= 11 is 0. The first-order valence-electron chi connectivity index (χ1n) is 12.5. The summed E-state index contributed by atoms with van der Waals surface area (Å²) < 4.78 is 1.59. The van der Waals surface area contributed by atoms with Crippen molar-refractivity contribution >= 4 is 5.97 Å². The van der Waals surface area contributed by atoms with E-state index in [0.29, 0.717) is 5.57 Å². The highest BCUT2D eigenvalue weighted by atomic mass is 16.7. The van der Waals surface area contributed by atoms with Gasteiger partial charge in [-0.25, -0.2) is 4.79 Å². The van der Waals surface area contributed by atoms with Crippen LogP contribution in [0.2, 0.25) is 0 Å². The summed E-state index contributed by atoms with van der Waals surface area (Å²) in [6, 6.07) is 5.90. The van der Waals surface area contributed by atoms with Crippen LogP contribution in [0.15, 0.2) is 36.5 Å². The van der Waals surface area contributed by atoms with Crippen LogP contribution in [0.4, 0.5) is 0 Å². The SMILES string of the molecule is C=C(C)C(=O)O[n+]1ccccc1CCCCCCCCCCCCCCCCCC. The fraction of sp³-hybridized carbons (Fsp3) is 0.704. The second-order valence-electron chi connectivity index (χ2n) is 8.73. The van der Waals surface area contributed by atoms with E-state index in [1.807, 2.05) is 18.2 Å². The van der Waals surface area contributed by atoms with Gasteiger partial charge in [-0.05, 0) is 19.4 Å². The molecule has 1 heterocycles. The fourth-order valence-electron chi connectivity index (χ4n) is 3.77. The van der Waals surface area contributed by atoms with Crippen molar-refractivity contribution in [3.05, 3.63) is 42.2 Å².